The number of amides is 1. The SMILES string of the molecule is CC/C=C\C/C=C\C/C=C\C/C=C\C/C=C\C/C=C\C/C=C\C/C=C\CCCCCCCCCCCCCCC(=O)NC(COC1OC(CO)C(OC2OC(CO)C(O)C(O)C2O)C(O)C1O)C(O)/C=C/CC/C=C/CCCCCCCCCCCCCCCCCCCCCCCCC. The summed E-state index contributed by atoms with van der Waals surface area (Å²) in [6.07, 6.45) is 84.2. The highest BCUT2D eigenvalue weighted by molar-refractivity contribution is 5.76. The first kappa shape index (κ1) is 92.5. The minimum atomic E-state index is -1.80. The summed E-state index contributed by atoms with van der Waals surface area (Å²) in [7, 11) is 0. The number of rotatable bonds is 67. The highest BCUT2D eigenvalue weighted by atomic mass is 16.7. The van der Waals surface area contributed by atoms with Gasteiger partial charge in [0.25, 0.3) is 0 Å². The van der Waals surface area contributed by atoms with Crippen molar-refractivity contribution in [2.45, 2.75) is 396 Å². The van der Waals surface area contributed by atoms with Gasteiger partial charge in [0.2, 0.25) is 5.91 Å². The molecule has 1 amide bonds. The van der Waals surface area contributed by atoms with Crippen molar-refractivity contribution in [3.05, 3.63) is 122 Å². The van der Waals surface area contributed by atoms with E-state index in [1.807, 2.05) is 6.08 Å². The van der Waals surface area contributed by atoms with E-state index in [9.17, 15) is 45.6 Å². The summed E-state index contributed by atoms with van der Waals surface area (Å²) in [6.45, 7) is 2.70. The molecule has 12 unspecified atom stereocenters. The molecule has 2 aliphatic heterocycles. The topological polar surface area (TPSA) is 228 Å². The van der Waals surface area contributed by atoms with Crippen molar-refractivity contribution in [3.63, 3.8) is 0 Å². The van der Waals surface area contributed by atoms with Gasteiger partial charge in [-0.1, -0.05) is 341 Å². The molecule has 576 valence electrons. The van der Waals surface area contributed by atoms with Crippen molar-refractivity contribution in [2.24, 2.45) is 0 Å². The zero-order valence-electron chi connectivity index (χ0n) is 63.2. The Hall–Kier alpha value is -3.61. The molecule has 0 aromatic rings. The number of aliphatic hydroxyl groups excluding tert-OH is 8. The normalized spacial score (nSPS) is 22.5. The number of unbranched alkanes of at least 4 members (excludes halogenated alkanes) is 36. The van der Waals surface area contributed by atoms with E-state index >= 15 is 0 Å². The van der Waals surface area contributed by atoms with Gasteiger partial charge < -0.3 is 65.1 Å². The molecule has 0 radical (unpaired) electrons. The van der Waals surface area contributed by atoms with Crippen LogP contribution in [0.5, 0.6) is 0 Å². The molecule has 0 aromatic carbocycles. The maximum Gasteiger partial charge on any atom is 0.220 e. The van der Waals surface area contributed by atoms with Crippen LogP contribution in [0.3, 0.4) is 0 Å². The number of carbonyl (C=O) groups excluding carboxylic acids is 1. The fourth-order valence-corrected chi connectivity index (χ4v) is 12.7. The van der Waals surface area contributed by atoms with Gasteiger partial charge in [-0.05, 0) is 96.3 Å². The third-order valence-electron chi connectivity index (χ3n) is 19.1. The van der Waals surface area contributed by atoms with Gasteiger partial charge >= 0.3 is 0 Å². The lowest BCUT2D eigenvalue weighted by Crippen LogP contribution is -2.65. The number of allylic oxidation sites excluding steroid dienone is 19. The lowest BCUT2D eigenvalue weighted by molar-refractivity contribution is -0.359. The number of aliphatic hydroxyl groups is 8. The van der Waals surface area contributed by atoms with E-state index in [4.69, 9.17) is 18.9 Å². The van der Waals surface area contributed by atoms with Gasteiger partial charge in [0.15, 0.2) is 12.6 Å². The maximum absolute atomic E-state index is 13.4. The van der Waals surface area contributed by atoms with Gasteiger partial charge in [-0.25, -0.2) is 0 Å². The summed E-state index contributed by atoms with van der Waals surface area (Å²) in [6, 6.07) is -0.942. The van der Waals surface area contributed by atoms with Crippen LogP contribution in [-0.2, 0) is 23.7 Å². The second-order valence-corrected chi connectivity index (χ2v) is 28.2. The highest BCUT2D eigenvalue weighted by Gasteiger charge is 2.51. The molecule has 0 saturated carbocycles. The molecule has 0 aliphatic carbocycles. The average Bonchev–Trinajstić information content (AvgIpc) is 0.791. The summed E-state index contributed by atoms with van der Waals surface area (Å²) in [5.74, 6) is -0.252. The monoisotopic (exact) mass is 1400 g/mol. The Morgan fingerprint density at radius 3 is 1.10 bits per heavy atom. The second-order valence-electron chi connectivity index (χ2n) is 28.2. The van der Waals surface area contributed by atoms with Crippen LogP contribution >= 0.6 is 0 Å². The first-order valence-electron chi connectivity index (χ1n) is 40.8. The quantitative estimate of drug-likeness (QED) is 0.0204. The highest BCUT2D eigenvalue weighted by Crippen LogP contribution is 2.30. The predicted octanol–water partition coefficient (Wildman–Crippen LogP) is 18.8. The lowest BCUT2D eigenvalue weighted by atomic mass is 9.97. The predicted molar refractivity (Wildman–Crippen MR) is 415 cm³/mol. The minimum Gasteiger partial charge on any atom is -0.394 e. The summed E-state index contributed by atoms with van der Waals surface area (Å²) in [5.41, 5.74) is 0. The molecule has 12 atom stereocenters. The van der Waals surface area contributed by atoms with Gasteiger partial charge in [-0.15, -0.1) is 0 Å². The Labute approximate surface area is 609 Å². The van der Waals surface area contributed by atoms with E-state index in [0.717, 1.165) is 89.9 Å². The molecule has 9 N–H and O–H groups in total. The van der Waals surface area contributed by atoms with Crippen molar-refractivity contribution >= 4 is 5.91 Å². The van der Waals surface area contributed by atoms with Gasteiger partial charge in [0.05, 0.1) is 32.0 Å². The molecular formula is C86H149NO13. The first-order chi connectivity index (χ1) is 49.1. The molecule has 2 aliphatic rings. The molecule has 0 spiro atoms. The summed E-state index contributed by atoms with van der Waals surface area (Å²) in [5, 5.41) is 87.7. The van der Waals surface area contributed by atoms with E-state index in [1.165, 1.54) is 199 Å². The summed E-state index contributed by atoms with van der Waals surface area (Å²) >= 11 is 0. The molecule has 100 heavy (non-hydrogen) atoms. The Morgan fingerprint density at radius 1 is 0.370 bits per heavy atom. The smallest absolute Gasteiger partial charge is 0.220 e. The number of carbonyl (C=O) groups is 1. The van der Waals surface area contributed by atoms with Crippen LogP contribution < -0.4 is 5.32 Å². The third-order valence-corrected chi connectivity index (χ3v) is 19.1. The van der Waals surface area contributed by atoms with E-state index in [2.05, 4.69) is 129 Å². The second kappa shape index (κ2) is 68.5. The Kier molecular flexibility index (Phi) is 63.3. The van der Waals surface area contributed by atoms with Crippen molar-refractivity contribution in [1.29, 1.82) is 0 Å². The zero-order chi connectivity index (χ0) is 72.2. The molecular weight excluding hydrogens is 1250 g/mol. The number of hydrogen-bond acceptors (Lipinski definition) is 13. The van der Waals surface area contributed by atoms with Crippen LogP contribution in [0.2, 0.25) is 0 Å². The standard InChI is InChI=1S/C86H149NO13/c1-3-5-7-9-11-13-15-17-19-21-23-25-27-29-31-33-34-35-36-37-38-39-40-42-44-46-48-50-52-54-56-58-60-62-64-66-68-70-78(91)87-74(73-97-85-83(96)81(94)84(77(72-89)99-85)100-86-82(95)80(93)79(92)76(71-88)98-86)75(90)69-67-65-63-61-59-57-55-53-51-49-47-45-43-41-32-30-28-26-24-22-20-18-16-14-12-10-8-6-4-2/h5,7,11,13,17,19,23,25,29,31,34-35,37-38,40,42,59,61,67,69,74-77,79-86,88-90,92-96H,3-4,6,8-10,12,14-16,18,20-22,24,26-28,30,32-33,36,39,41,43-58,60,62-66,68,70-73H2,1-2H3,(H,87,91)/b7-5-,13-11-,19-17-,25-23-,31-29-,35-34-,38-37-,42-40-,61-59+,69-67+. The minimum absolute atomic E-state index is 0.252. The van der Waals surface area contributed by atoms with Gasteiger partial charge in [-0.3, -0.25) is 4.79 Å². The first-order valence-corrected chi connectivity index (χ1v) is 40.8. The van der Waals surface area contributed by atoms with E-state index < -0.39 is 86.8 Å². The van der Waals surface area contributed by atoms with E-state index in [0.29, 0.717) is 12.8 Å². The average molecular weight is 1410 g/mol. The molecule has 14 heteroatoms. The third kappa shape index (κ3) is 50.7. The Bertz CT molecular complexity index is 2150. The largest absolute Gasteiger partial charge is 0.394 e. The zero-order valence-corrected chi connectivity index (χ0v) is 63.2. The summed E-state index contributed by atoms with van der Waals surface area (Å²) in [4.78, 5) is 13.4. The number of ether oxygens (including phenoxy) is 4. The molecule has 0 bridgehead atoms. The van der Waals surface area contributed by atoms with Crippen LogP contribution in [0.25, 0.3) is 0 Å². The van der Waals surface area contributed by atoms with Crippen LogP contribution in [0, 0.1) is 0 Å². The molecule has 2 saturated heterocycles. The Balaban J connectivity index is 1.63. The van der Waals surface area contributed by atoms with E-state index in [1.54, 1.807) is 6.08 Å². The summed E-state index contributed by atoms with van der Waals surface area (Å²) < 4.78 is 22.9. The van der Waals surface area contributed by atoms with Crippen LogP contribution in [0.15, 0.2) is 122 Å². The number of hydrogen-bond donors (Lipinski definition) is 9. The number of nitrogens with one attached hydrogen (secondary N) is 1. The molecule has 2 heterocycles. The molecule has 14 nitrogen and oxygen atoms in total. The molecule has 2 fully saturated rings. The molecule has 2 rings (SSSR count). The van der Waals surface area contributed by atoms with Crippen molar-refractivity contribution < 1.29 is 64.6 Å². The van der Waals surface area contributed by atoms with Crippen LogP contribution in [-0.4, -0.2) is 140 Å². The van der Waals surface area contributed by atoms with Crippen LogP contribution in [0.4, 0.5) is 0 Å². The van der Waals surface area contributed by atoms with Crippen molar-refractivity contribution in [2.75, 3.05) is 19.8 Å². The van der Waals surface area contributed by atoms with Crippen molar-refractivity contribution in [3.8, 4) is 0 Å². The fraction of sp³-hybridized carbons (Fsp3) is 0.756. The molecule has 0 aromatic heterocycles. The fourth-order valence-electron chi connectivity index (χ4n) is 12.7. The van der Waals surface area contributed by atoms with Crippen LogP contribution in [0.1, 0.15) is 322 Å². The van der Waals surface area contributed by atoms with Crippen molar-refractivity contribution in [1.82, 2.24) is 5.32 Å². The van der Waals surface area contributed by atoms with Gasteiger partial charge in [-0.2, -0.15) is 0 Å². The van der Waals surface area contributed by atoms with E-state index in [-0.39, 0.29) is 18.9 Å². The maximum atomic E-state index is 13.4. The van der Waals surface area contributed by atoms with Gasteiger partial charge in [0, 0.05) is 6.42 Å². The lowest BCUT2D eigenvalue weighted by Gasteiger charge is -2.46. The van der Waals surface area contributed by atoms with Gasteiger partial charge in [0.1, 0.15) is 48.8 Å². The Morgan fingerprint density at radius 2 is 0.700 bits per heavy atom.